The Morgan fingerprint density at radius 3 is 2.27 bits per heavy atom. The molecule has 6 heteroatoms. The molecule has 1 N–H and O–H groups in total. The lowest BCUT2D eigenvalue weighted by molar-refractivity contribution is -0.137. The van der Waals surface area contributed by atoms with Crippen molar-refractivity contribution in [3.05, 3.63) is 29.6 Å². The summed E-state index contributed by atoms with van der Waals surface area (Å²) in [5.74, 6) is 0. The Labute approximate surface area is 92.3 Å². The SMILES string of the molecule is CN[C@@H](C)c1ccc(C(F)(F)F)cn1.Cl. The first-order valence-corrected chi connectivity index (χ1v) is 4.15. The van der Waals surface area contributed by atoms with E-state index in [4.69, 9.17) is 0 Å². The van der Waals surface area contributed by atoms with Crippen molar-refractivity contribution in [3.8, 4) is 0 Å². The summed E-state index contributed by atoms with van der Waals surface area (Å²) in [6.07, 6.45) is -3.46. The van der Waals surface area contributed by atoms with E-state index >= 15 is 0 Å². The molecule has 1 heterocycles. The van der Waals surface area contributed by atoms with Gasteiger partial charge in [-0.05, 0) is 26.1 Å². The third-order valence-electron chi connectivity index (χ3n) is 1.99. The zero-order valence-corrected chi connectivity index (χ0v) is 9.12. The number of aromatic nitrogens is 1. The molecule has 0 amide bonds. The molecule has 0 aliphatic heterocycles. The van der Waals surface area contributed by atoms with Crippen molar-refractivity contribution in [3.63, 3.8) is 0 Å². The molecule has 15 heavy (non-hydrogen) atoms. The van der Waals surface area contributed by atoms with E-state index < -0.39 is 11.7 Å². The molecule has 0 unspecified atom stereocenters. The average Bonchev–Trinajstić information content (AvgIpc) is 2.15. The summed E-state index contributed by atoms with van der Waals surface area (Å²) in [4.78, 5) is 3.73. The monoisotopic (exact) mass is 240 g/mol. The average molecular weight is 241 g/mol. The molecule has 2 nitrogen and oxygen atoms in total. The van der Waals surface area contributed by atoms with Crippen LogP contribution in [0.25, 0.3) is 0 Å². The van der Waals surface area contributed by atoms with Crippen LogP contribution in [0.15, 0.2) is 18.3 Å². The zero-order valence-electron chi connectivity index (χ0n) is 8.30. The summed E-state index contributed by atoms with van der Waals surface area (Å²) in [6.45, 7) is 1.83. The lowest BCUT2D eigenvalue weighted by Gasteiger charge is -2.11. The highest BCUT2D eigenvalue weighted by molar-refractivity contribution is 5.85. The molecule has 1 aromatic heterocycles. The van der Waals surface area contributed by atoms with Gasteiger partial charge in [-0.25, -0.2) is 0 Å². The summed E-state index contributed by atoms with van der Waals surface area (Å²) >= 11 is 0. The molecule has 1 atom stereocenters. The molecular weight excluding hydrogens is 229 g/mol. The van der Waals surface area contributed by atoms with Gasteiger partial charge in [-0.1, -0.05) is 0 Å². The molecule has 0 aromatic carbocycles. The summed E-state index contributed by atoms with van der Waals surface area (Å²) < 4.78 is 36.4. The van der Waals surface area contributed by atoms with Crippen LogP contribution in [0.5, 0.6) is 0 Å². The van der Waals surface area contributed by atoms with E-state index in [2.05, 4.69) is 10.3 Å². The normalized spacial score (nSPS) is 13.1. The van der Waals surface area contributed by atoms with Crippen molar-refractivity contribution < 1.29 is 13.2 Å². The zero-order chi connectivity index (χ0) is 10.8. The second-order valence-corrected chi connectivity index (χ2v) is 2.98. The Morgan fingerprint density at radius 1 is 1.33 bits per heavy atom. The Morgan fingerprint density at radius 2 is 1.93 bits per heavy atom. The predicted molar refractivity (Wildman–Crippen MR) is 54.0 cm³/mol. The van der Waals surface area contributed by atoms with Crippen LogP contribution in [-0.2, 0) is 6.18 Å². The first-order valence-electron chi connectivity index (χ1n) is 4.15. The van der Waals surface area contributed by atoms with E-state index in [0.717, 1.165) is 12.3 Å². The van der Waals surface area contributed by atoms with E-state index in [1.54, 1.807) is 7.05 Å². The molecule has 1 aromatic rings. The van der Waals surface area contributed by atoms with Gasteiger partial charge in [0.15, 0.2) is 0 Å². The fourth-order valence-electron chi connectivity index (χ4n) is 0.977. The van der Waals surface area contributed by atoms with Crippen molar-refractivity contribution in [2.45, 2.75) is 19.1 Å². The number of alkyl halides is 3. The van der Waals surface area contributed by atoms with Gasteiger partial charge in [-0.2, -0.15) is 13.2 Å². The number of nitrogens with zero attached hydrogens (tertiary/aromatic N) is 1. The second kappa shape index (κ2) is 5.32. The highest BCUT2D eigenvalue weighted by Gasteiger charge is 2.30. The minimum atomic E-state index is -4.31. The van der Waals surface area contributed by atoms with Crippen molar-refractivity contribution in [1.82, 2.24) is 10.3 Å². The molecule has 0 aliphatic carbocycles. The van der Waals surface area contributed by atoms with Gasteiger partial charge >= 0.3 is 6.18 Å². The van der Waals surface area contributed by atoms with Gasteiger partial charge in [0.2, 0.25) is 0 Å². The molecule has 0 fully saturated rings. The first-order chi connectivity index (χ1) is 6.45. The number of rotatable bonds is 2. The smallest absolute Gasteiger partial charge is 0.312 e. The molecule has 0 saturated carbocycles. The highest BCUT2D eigenvalue weighted by Crippen LogP contribution is 2.28. The van der Waals surface area contributed by atoms with Crippen molar-refractivity contribution in [1.29, 1.82) is 0 Å². The summed E-state index contributed by atoms with van der Waals surface area (Å²) in [6, 6.07) is 2.37. The van der Waals surface area contributed by atoms with Crippen LogP contribution in [0.2, 0.25) is 0 Å². The quantitative estimate of drug-likeness (QED) is 0.860. The van der Waals surface area contributed by atoms with Crippen LogP contribution in [0.1, 0.15) is 24.2 Å². The number of hydrogen-bond acceptors (Lipinski definition) is 2. The highest BCUT2D eigenvalue weighted by atomic mass is 35.5. The van der Waals surface area contributed by atoms with Crippen LogP contribution in [-0.4, -0.2) is 12.0 Å². The third-order valence-corrected chi connectivity index (χ3v) is 1.99. The van der Waals surface area contributed by atoms with Crippen molar-refractivity contribution in [2.24, 2.45) is 0 Å². The summed E-state index contributed by atoms with van der Waals surface area (Å²) in [5.41, 5.74) is -0.120. The Balaban J connectivity index is 0.00000196. The lowest BCUT2D eigenvalue weighted by atomic mass is 10.2. The maximum Gasteiger partial charge on any atom is 0.417 e. The second-order valence-electron chi connectivity index (χ2n) is 2.98. The molecule has 0 spiro atoms. The molecule has 0 bridgehead atoms. The van der Waals surface area contributed by atoms with Crippen LogP contribution in [0, 0.1) is 0 Å². The summed E-state index contributed by atoms with van der Waals surface area (Å²) in [7, 11) is 1.73. The lowest BCUT2D eigenvalue weighted by Crippen LogP contribution is -2.14. The van der Waals surface area contributed by atoms with E-state index in [-0.39, 0.29) is 18.4 Å². The molecule has 86 valence electrons. The largest absolute Gasteiger partial charge is 0.417 e. The van der Waals surface area contributed by atoms with Crippen molar-refractivity contribution in [2.75, 3.05) is 7.05 Å². The van der Waals surface area contributed by atoms with Gasteiger partial charge in [0, 0.05) is 12.2 Å². The third kappa shape index (κ3) is 3.68. The van der Waals surface area contributed by atoms with Gasteiger partial charge in [-0.15, -0.1) is 12.4 Å². The van der Waals surface area contributed by atoms with E-state index in [0.29, 0.717) is 5.69 Å². The maximum absolute atomic E-state index is 12.1. The topological polar surface area (TPSA) is 24.9 Å². The van der Waals surface area contributed by atoms with Gasteiger partial charge in [0.05, 0.1) is 11.3 Å². The van der Waals surface area contributed by atoms with Crippen LogP contribution >= 0.6 is 12.4 Å². The Hall–Kier alpha value is -0.810. The number of nitrogens with one attached hydrogen (secondary N) is 1. The van der Waals surface area contributed by atoms with Crippen LogP contribution in [0.4, 0.5) is 13.2 Å². The minimum absolute atomic E-state index is 0. The van der Waals surface area contributed by atoms with Crippen LogP contribution in [0.3, 0.4) is 0 Å². The van der Waals surface area contributed by atoms with E-state index in [1.807, 2.05) is 6.92 Å². The number of halogens is 4. The Bertz CT molecular complexity index is 297. The fourth-order valence-corrected chi connectivity index (χ4v) is 0.977. The standard InChI is InChI=1S/C9H11F3N2.ClH/c1-6(13-2)8-4-3-7(5-14-8)9(10,11)12;/h3-6,13H,1-2H3;1H/t6-;/m0./s1. The Kier molecular flexibility index (Phi) is 5.03. The van der Waals surface area contributed by atoms with Gasteiger partial charge < -0.3 is 5.32 Å². The van der Waals surface area contributed by atoms with Gasteiger partial charge in [-0.3, -0.25) is 4.98 Å². The minimum Gasteiger partial charge on any atom is -0.312 e. The molecule has 0 saturated heterocycles. The van der Waals surface area contributed by atoms with Gasteiger partial charge in [0.25, 0.3) is 0 Å². The molecule has 0 radical (unpaired) electrons. The molecule has 1 rings (SSSR count). The maximum atomic E-state index is 12.1. The predicted octanol–water partition coefficient (Wildman–Crippen LogP) is 2.80. The van der Waals surface area contributed by atoms with E-state index in [1.165, 1.54) is 6.07 Å². The van der Waals surface area contributed by atoms with Gasteiger partial charge in [0.1, 0.15) is 0 Å². The number of pyridine rings is 1. The van der Waals surface area contributed by atoms with Crippen molar-refractivity contribution >= 4 is 12.4 Å². The summed E-state index contributed by atoms with van der Waals surface area (Å²) in [5, 5.41) is 2.90. The number of hydrogen-bond donors (Lipinski definition) is 1. The first kappa shape index (κ1) is 14.2. The van der Waals surface area contributed by atoms with E-state index in [9.17, 15) is 13.2 Å². The van der Waals surface area contributed by atoms with Crippen LogP contribution < -0.4 is 5.32 Å². The molecular formula is C9H12ClF3N2. The molecule has 0 aliphatic rings. The fraction of sp³-hybridized carbons (Fsp3) is 0.444.